The summed E-state index contributed by atoms with van der Waals surface area (Å²) in [7, 11) is 0. The summed E-state index contributed by atoms with van der Waals surface area (Å²) in [6.45, 7) is 7.77. The Balaban J connectivity index is 2.30. The number of carbonyl (C=O) groups is 1. The van der Waals surface area contributed by atoms with Crippen molar-refractivity contribution >= 4 is 6.03 Å². The Morgan fingerprint density at radius 3 is 2.43 bits per heavy atom. The molecule has 0 spiro atoms. The third-order valence-corrected chi connectivity index (χ3v) is 2.88. The second-order valence-corrected chi connectivity index (χ2v) is 5.70. The van der Waals surface area contributed by atoms with Crippen molar-refractivity contribution in [2.75, 3.05) is 19.8 Å². The van der Waals surface area contributed by atoms with Gasteiger partial charge in [-0.2, -0.15) is 0 Å². The Morgan fingerprint density at radius 1 is 1.19 bits per heavy atom. The number of nitrogens with one attached hydrogen (secondary N) is 2. The van der Waals surface area contributed by atoms with Gasteiger partial charge in [-0.15, -0.1) is 0 Å². The van der Waals surface area contributed by atoms with E-state index in [1.54, 1.807) is 0 Å². The van der Waals surface area contributed by atoms with Gasteiger partial charge in [-0.05, 0) is 29.5 Å². The summed E-state index contributed by atoms with van der Waals surface area (Å²) in [6.07, 6.45) is 0. The van der Waals surface area contributed by atoms with E-state index in [2.05, 4.69) is 24.5 Å². The first-order chi connectivity index (χ1) is 10.0. The highest BCUT2D eigenvalue weighted by Gasteiger charge is 2.04. The minimum absolute atomic E-state index is 0.0631. The molecule has 0 aliphatic heterocycles. The van der Waals surface area contributed by atoms with Gasteiger partial charge in [-0.25, -0.2) is 4.79 Å². The summed E-state index contributed by atoms with van der Waals surface area (Å²) < 4.78 is 5.60. The monoisotopic (exact) mass is 294 g/mol. The molecule has 1 unspecified atom stereocenters. The number of hydrogen-bond acceptors (Lipinski definition) is 3. The number of rotatable bonds is 8. The van der Waals surface area contributed by atoms with E-state index >= 15 is 0 Å². The maximum absolute atomic E-state index is 11.6. The third-order valence-electron chi connectivity index (χ3n) is 2.88. The summed E-state index contributed by atoms with van der Waals surface area (Å²) in [4.78, 5) is 11.6. The van der Waals surface area contributed by atoms with Crippen LogP contribution >= 0.6 is 0 Å². The van der Waals surface area contributed by atoms with Gasteiger partial charge in [0.05, 0.1) is 6.61 Å². The molecule has 0 bridgehead atoms. The fourth-order valence-corrected chi connectivity index (χ4v) is 1.54. The van der Waals surface area contributed by atoms with Crippen LogP contribution in [0.3, 0.4) is 0 Å². The molecule has 0 aliphatic carbocycles. The summed E-state index contributed by atoms with van der Waals surface area (Å²) in [5.41, 5.74) is 1.01. The van der Waals surface area contributed by atoms with Crippen LogP contribution in [-0.4, -0.2) is 30.9 Å². The lowest BCUT2D eigenvalue weighted by Crippen LogP contribution is -2.38. The van der Waals surface area contributed by atoms with Crippen LogP contribution in [0, 0.1) is 11.8 Å². The van der Waals surface area contributed by atoms with Crippen LogP contribution in [0.5, 0.6) is 5.75 Å². The minimum atomic E-state index is -0.226. The van der Waals surface area contributed by atoms with Crippen molar-refractivity contribution in [1.82, 2.24) is 10.6 Å². The van der Waals surface area contributed by atoms with E-state index in [1.807, 2.05) is 31.2 Å². The van der Waals surface area contributed by atoms with E-state index in [-0.39, 0.29) is 18.6 Å². The van der Waals surface area contributed by atoms with Crippen LogP contribution in [0.15, 0.2) is 24.3 Å². The number of aliphatic hydroxyl groups excluding tert-OH is 1. The van der Waals surface area contributed by atoms with E-state index in [0.29, 0.717) is 25.6 Å². The predicted molar refractivity (Wildman–Crippen MR) is 83.3 cm³/mol. The molecule has 1 aromatic carbocycles. The molecule has 5 heteroatoms. The molecule has 0 fully saturated rings. The number of urea groups is 1. The molecule has 0 aromatic heterocycles. The SMILES string of the molecule is CC(C)COc1ccc(CNC(=O)NCC(C)CO)cc1. The molecular weight excluding hydrogens is 268 g/mol. The van der Waals surface area contributed by atoms with Crippen molar-refractivity contribution in [3.63, 3.8) is 0 Å². The smallest absolute Gasteiger partial charge is 0.315 e. The summed E-state index contributed by atoms with van der Waals surface area (Å²) in [5.74, 6) is 1.40. The Hall–Kier alpha value is -1.75. The number of amides is 2. The van der Waals surface area contributed by atoms with Gasteiger partial charge in [0, 0.05) is 19.7 Å². The Morgan fingerprint density at radius 2 is 1.86 bits per heavy atom. The Labute approximate surface area is 126 Å². The van der Waals surface area contributed by atoms with Crippen molar-refractivity contribution in [3.05, 3.63) is 29.8 Å². The van der Waals surface area contributed by atoms with Gasteiger partial charge in [0.25, 0.3) is 0 Å². The van der Waals surface area contributed by atoms with Crippen LogP contribution in [0.4, 0.5) is 4.79 Å². The first-order valence-electron chi connectivity index (χ1n) is 7.35. The quantitative estimate of drug-likeness (QED) is 0.688. The van der Waals surface area contributed by atoms with E-state index in [4.69, 9.17) is 9.84 Å². The molecule has 21 heavy (non-hydrogen) atoms. The number of benzene rings is 1. The second-order valence-electron chi connectivity index (χ2n) is 5.70. The average molecular weight is 294 g/mol. The molecule has 1 atom stereocenters. The number of carbonyl (C=O) groups excluding carboxylic acids is 1. The lowest BCUT2D eigenvalue weighted by Gasteiger charge is -2.11. The van der Waals surface area contributed by atoms with Crippen LogP contribution in [0.2, 0.25) is 0 Å². The number of hydrogen-bond donors (Lipinski definition) is 3. The fraction of sp³-hybridized carbons (Fsp3) is 0.562. The van der Waals surface area contributed by atoms with E-state index in [1.165, 1.54) is 0 Å². The fourth-order valence-electron chi connectivity index (χ4n) is 1.54. The van der Waals surface area contributed by atoms with Crippen LogP contribution in [0.1, 0.15) is 26.3 Å². The molecule has 0 radical (unpaired) electrons. The lowest BCUT2D eigenvalue weighted by atomic mass is 10.2. The zero-order chi connectivity index (χ0) is 15.7. The van der Waals surface area contributed by atoms with Gasteiger partial charge in [0.2, 0.25) is 0 Å². The van der Waals surface area contributed by atoms with Gasteiger partial charge >= 0.3 is 6.03 Å². The first-order valence-corrected chi connectivity index (χ1v) is 7.35. The van der Waals surface area contributed by atoms with Gasteiger partial charge < -0.3 is 20.5 Å². The largest absolute Gasteiger partial charge is 0.493 e. The zero-order valence-electron chi connectivity index (χ0n) is 13.1. The molecule has 0 aliphatic rings. The molecular formula is C16H26N2O3. The number of ether oxygens (including phenoxy) is 1. The maximum atomic E-state index is 11.6. The van der Waals surface area contributed by atoms with Crippen LogP contribution in [-0.2, 0) is 6.54 Å². The van der Waals surface area contributed by atoms with Gasteiger partial charge in [-0.1, -0.05) is 32.9 Å². The van der Waals surface area contributed by atoms with Crippen molar-refractivity contribution in [2.45, 2.75) is 27.3 Å². The normalized spacial score (nSPS) is 12.0. The zero-order valence-corrected chi connectivity index (χ0v) is 13.1. The standard InChI is InChI=1S/C16H26N2O3/c1-12(2)11-21-15-6-4-14(5-7-15)9-18-16(20)17-8-13(3)10-19/h4-7,12-13,19H,8-11H2,1-3H3,(H2,17,18,20). The molecule has 0 heterocycles. The van der Waals surface area contributed by atoms with Gasteiger partial charge in [-0.3, -0.25) is 0 Å². The maximum Gasteiger partial charge on any atom is 0.315 e. The lowest BCUT2D eigenvalue weighted by molar-refractivity contribution is 0.222. The summed E-state index contributed by atoms with van der Waals surface area (Å²) >= 11 is 0. The summed E-state index contributed by atoms with van der Waals surface area (Å²) in [6, 6.07) is 7.46. The molecule has 1 rings (SSSR count). The topological polar surface area (TPSA) is 70.6 Å². The third kappa shape index (κ3) is 7.56. The highest BCUT2D eigenvalue weighted by atomic mass is 16.5. The molecule has 5 nitrogen and oxygen atoms in total. The molecule has 1 aromatic rings. The predicted octanol–water partition coefficient (Wildman–Crippen LogP) is 2.15. The van der Waals surface area contributed by atoms with E-state index in [0.717, 1.165) is 11.3 Å². The van der Waals surface area contributed by atoms with Crippen LogP contribution < -0.4 is 15.4 Å². The van der Waals surface area contributed by atoms with E-state index < -0.39 is 0 Å². The van der Waals surface area contributed by atoms with Crippen molar-refractivity contribution in [2.24, 2.45) is 11.8 Å². The highest BCUT2D eigenvalue weighted by Crippen LogP contribution is 2.13. The molecule has 0 saturated heterocycles. The second kappa shape index (κ2) is 9.23. The average Bonchev–Trinajstić information content (AvgIpc) is 2.49. The van der Waals surface area contributed by atoms with Crippen molar-refractivity contribution < 1.29 is 14.6 Å². The van der Waals surface area contributed by atoms with Gasteiger partial charge in [0.15, 0.2) is 0 Å². The molecule has 0 saturated carbocycles. The first kappa shape index (κ1) is 17.3. The minimum Gasteiger partial charge on any atom is -0.493 e. The van der Waals surface area contributed by atoms with E-state index in [9.17, 15) is 4.79 Å². The number of aliphatic hydroxyl groups is 1. The molecule has 118 valence electrons. The summed E-state index contributed by atoms with van der Waals surface area (Å²) in [5, 5.41) is 14.4. The van der Waals surface area contributed by atoms with Crippen molar-refractivity contribution in [3.8, 4) is 5.75 Å². The highest BCUT2D eigenvalue weighted by molar-refractivity contribution is 5.73. The van der Waals surface area contributed by atoms with Gasteiger partial charge in [0.1, 0.15) is 5.75 Å². The Kier molecular flexibility index (Phi) is 7.61. The Bertz CT molecular complexity index is 418. The van der Waals surface area contributed by atoms with Crippen molar-refractivity contribution in [1.29, 1.82) is 0 Å². The molecule has 3 N–H and O–H groups in total. The molecule has 2 amide bonds. The van der Waals surface area contributed by atoms with Crippen LogP contribution in [0.25, 0.3) is 0 Å².